The summed E-state index contributed by atoms with van der Waals surface area (Å²) in [7, 11) is 4.61. The smallest absolute Gasteiger partial charge is 0.307 e. The Morgan fingerprint density at radius 2 is 1.95 bits per heavy atom. The van der Waals surface area contributed by atoms with Crippen molar-refractivity contribution in [2.75, 3.05) is 27.9 Å². The lowest BCUT2D eigenvalue weighted by atomic mass is 9.87. The highest BCUT2D eigenvalue weighted by atomic mass is 16.5. The van der Waals surface area contributed by atoms with Gasteiger partial charge in [0.15, 0.2) is 0 Å². The number of carbonyl (C=O) groups excluding carboxylic acids is 1. The second-order valence-corrected chi connectivity index (χ2v) is 5.08. The van der Waals surface area contributed by atoms with Crippen LogP contribution in [-0.4, -0.2) is 33.8 Å². The molecule has 1 aromatic rings. The zero-order chi connectivity index (χ0) is 15.9. The number of esters is 1. The molecule has 0 aliphatic rings. The standard InChI is InChI=1S/C16H25NO4/c1-6-9-17-16(2,11-15(18)21-5)13-8-7-12(19-3)10-14(13)20-4/h7-8,10,17H,6,9,11H2,1-5H3. The lowest BCUT2D eigenvalue weighted by Crippen LogP contribution is -2.42. The Hall–Kier alpha value is -1.75. The van der Waals surface area contributed by atoms with E-state index in [1.807, 2.05) is 25.1 Å². The zero-order valence-corrected chi connectivity index (χ0v) is 13.5. The van der Waals surface area contributed by atoms with Crippen molar-refractivity contribution in [2.45, 2.75) is 32.2 Å². The SMILES string of the molecule is CCCNC(C)(CC(=O)OC)c1ccc(OC)cc1OC. The highest BCUT2D eigenvalue weighted by Crippen LogP contribution is 2.35. The van der Waals surface area contributed by atoms with E-state index in [-0.39, 0.29) is 12.4 Å². The average molecular weight is 295 g/mol. The van der Waals surface area contributed by atoms with Crippen molar-refractivity contribution in [1.29, 1.82) is 0 Å². The molecule has 118 valence electrons. The van der Waals surface area contributed by atoms with Crippen LogP contribution in [0.3, 0.4) is 0 Å². The number of methoxy groups -OCH3 is 3. The molecule has 0 aliphatic heterocycles. The van der Waals surface area contributed by atoms with Gasteiger partial charge in [0.25, 0.3) is 0 Å². The Balaban J connectivity index is 3.20. The summed E-state index contributed by atoms with van der Waals surface area (Å²) >= 11 is 0. The molecule has 5 nitrogen and oxygen atoms in total. The van der Waals surface area contributed by atoms with Crippen molar-refractivity contribution in [3.05, 3.63) is 23.8 Å². The van der Waals surface area contributed by atoms with E-state index in [1.165, 1.54) is 7.11 Å². The summed E-state index contributed by atoms with van der Waals surface area (Å²) in [4.78, 5) is 11.8. The van der Waals surface area contributed by atoms with E-state index in [2.05, 4.69) is 12.2 Å². The summed E-state index contributed by atoms with van der Waals surface area (Å²) in [5.41, 5.74) is 0.352. The van der Waals surface area contributed by atoms with E-state index < -0.39 is 5.54 Å². The van der Waals surface area contributed by atoms with Crippen LogP contribution in [-0.2, 0) is 15.1 Å². The fourth-order valence-electron chi connectivity index (χ4n) is 2.27. The highest BCUT2D eigenvalue weighted by Gasteiger charge is 2.32. The number of hydrogen-bond donors (Lipinski definition) is 1. The predicted molar refractivity (Wildman–Crippen MR) is 81.8 cm³/mol. The Morgan fingerprint density at radius 3 is 2.48 bits per heavy atom. The molecule has 0 aromatic heterocycles. The fraction of sp³-hybridized carbons (Fsp3) is 0.562. The van der Waals surface area contributed by atoms with E-state index in [1.54, 1.807) is 14.2 Å². The number of nitrogens with one attached hydrogen (secondary N) is 1. The van der Waals surface area contributed by atoms with Gasteiger partial charge in [-0.2, -0.15) is 0 Å². The molecule has 1 N–H and O–H groups in total. The first kappa shape index (κ1) is 17.3. The number of benzene rings is 1. The van der Waals surface area contributed by atoms with Crippen LogP contribution < -0.4 is 14.8 Å². The molecule has 0 radical (unpaired) electrons. The van der Waals surface area contributed by atoms with Crippen LogP contribution in [0, 0.1) is 0 Å². The van der Waals surface area contributed by atoms with Gasteiger partial charge in [-0.1, -0.05) is 6.92 Å². The average Bonchev–Trinajstić information content (AvgIpc) is 2.51. The van der Waals surface area contributed by atoms with Gasteiger partial charge < -0.3 is 19.5 Å². The van der Waals surface area contributed by atoms with Gasteiger partial charge in [0, 0.05) is 11.6 Å². The number of ether oxygens (including phenoxy) is 3. The Bertz CT molecular complexity index is 475. The lowest BCUT2D eigenvalue weighted by molar-refractivity contribution is -0.142. The van der Waals surface area contributed by atoms with Gasteiger partial charge in [0.05, 0.1) is 33.3 Å². The number of rotatable bonds is 8. The van der Waals surface area contributed by atoms with Crippen LogP contribution in [0.1, 0.15) is 32.3 Å². The highest BCUT2D eigenvalue weighted by molar-refractivity contribution is 5.71. The molecule has 0 saturated carbocycles. The van der Waals surface area contributed by atoms with Gasteiger partial charge in [-0.15, -0.1) is 0 Å². The van der Waals surface area contributed by atoms with E-state index in [0.29, 0.717) is 11.5 Å². The molecule has 0 fully saturated rings. The molecule has 0 amide bonds. The van der Waals surface area contributed by atoms with Gasteiger partial charge in [-0.3, -0.25) is 4.79 Å². The first-order chi connectivity index (χ1) is 10.0. The lowest BCUT2D eigenvalue weighted by Gasteiger charge is -2.32. The largest absolute Gasteiger partial charge is 0.497 e. The quantitative estimate of drug-likeness (QED) is 0.747. The summed E-state index contributed by atoms with van der Waals surface area (Å²) in [6.45, 7) is 4.85. The summed E-state index contributed by atoms with van der Waals surface area (Å²) < 4.78 is 15.5. The number of hydrogen-bond acceptors (Lipinski definition) is 5. The van der Waals surface area contributed by atoms with Gasteiger partial charge >= 0.3 is 5.97 Å². The Morgan fingerprint density at radius 1 is 1.24 bits per heavy atom. The third kappa shape index (κ3) is 4.36. The maximum Gasteiger partial charge on any atom is 0.307 e. The van der Waals surface area contributed by atoms with Crippen molar-refractivity contribution in [3.8, 4) is 11.5 Å². The predicted octanol–water partition coefficient (Wildman–Crippen LogP) is 2.48. The minimum atomic E-state index is -0.555. The zero-order valence-electron chi connectivity index (χ0n) is 13.5. The van der Waals surface area contributed by atoms with E-state index >= 15 is 0 Å². The molecule has 21 heavy (non-hydrogen) atoms. The second kappa shape index (κ2) is 7.88. The molecule has 0 spiro atoms. The maximum atomic E-state index is 11.8. The molecule has 0 heterocycles. The van der Waals surface area contributed by atoms with Crippen LogP contribution in [0.4, 0.5) is 0 Å². The Kier molecular flexibility index (Phi) is 6.49. The first-order valence-electron chi connectivity index (χ1n) is 7.05. The van der Waals surface area contributed by atoms with Crippen molar-refractivity contribution in [1.82, 2.24) is 5.32 Å². The molecule has 1 rings (SSSR count). The minimum Gasteiger partial charge on any atom is -0.497 e. The summed E-state index contributed by atoms with van der Waals surface area (Å²) in [6, 6.07) is 5.60. The van der Waals surface area contributed by atoms with Gasteiger partial charge in [-0.25, -0.2) is 0 Å². The van der Waals surface area contributed by atoms with Gasteiger partial charge in [0.2, 0.25) is 0 Å². The van der Waals surface area contributed by atoms with Crippen molar-refractivity contribution < 1.29 is 19.0 Å². The minimum absolute atomic E-state index is 0.228. The van der Waals surface area contributed by atoms with Crippen LogP contribution in [0.2, 0.25) is 0 Å². The van der Waals surface area contributed by atoms with Crippen molar-refractivity contribution in [3.63, 3.8) is 0 Å². The molecule has 1 atom stereocenters. The monoisotopic (exact) mass is 295 g/mol. The molecular weight excluding hydrogens is 270 g/mol. The second-order valence-electron chi connectivity index (χ2n) is 5.08. The van der Waals surface area contributed by atoms with Crippen LogP contribution in [0.25, 0.3) is 0 Å². The molecule has 0 bridgehead atoms. The maximum absolute atomic E-state index is 11.8. The summed E-state index contributed by atoms with van der Waals surface area (Å²) in [6.07, 6.45) is 1.20. The van der Waals surface area contributed by atoms with Crippen molar-refractivity contribution >= 4 is 5.97 Å². The molecule has 1 unspecified atom stereocenters. The topological polar surface area (TPSA) is 56.8 Å². The number of carbonyl (C=O) groups is 1. The molecule has 1 aromatic carbocycles. The third-order valence-corrected chi connectivity index (χ3v) is 3.49. The molecular formula is C16H25NO4. The van der Waals surface area contributed by atoms with Crippen molar-refractivity contribution in [2.24, 2.45) is 0 Å². The summed E-state index contributed by atoms with van der Waals surface area (Å²) in [5.74, 6) is 1.13. The molecule has 5 heteroatoms. The van der Waals surface area contributed by atoms with Crippen LogP contribution in [0.15, 0.2) is 18.2 Å². The van der Waals surface area contributed by atoms with Gasteiger partial charge in [0.1, 0.15) is 11.5 Å². The summed E-state index contributed by atoms with van der Waals surface area (Å²) in [5, 5.41) is 3.42. The van der Waals surface area contributed by atoms with E-state index in [9.17, 15) is 4.79 Å². The molecule has 0 aliphatic carbocycles. The van der Waals surface area contributed by atoms with Gasteiger partial charge in [-0.05, 0) is 32.0 Å². The molecule has 0 saturated heterocycles. The normalized spacial score (nSPS) is 13.4. The fourth-order valence-corrected chi connectivity index (χ4v) is 2.27. The van der Waals surface area contributed by atoms with Crippen LogP contribution >= 0.6 is 0 Å². The van der Waals surface area contributed by atoms with E-state index in [4.69, 9.17) is 14.2 Å². The third-order valence-electron chi connectivity index (χ3n) is 3.49. The first-order valence-corrected chi connectivity index (χ1v) is 7.05. The Labute approximate surface area is 126 Å². The van der Waals surface area contributed by atoms with Crippen LogP contribution in [0.5, 0.6) is 11.5 Å². The van der Waals surface area contributed by atoms with E-state index in [0.717, 1.165) is 18.5 Å².